The summed E-state index contributed by atoms with van der Waals surface area (Å²) < 4.78 is 10.8. The monoisotopic (exact) mass is 407 g/mol. The number of morpholine rings is 1. The molecule has 0 bridgehead atoms. The molecular formula is C23H25N3O4. The molecule has 2 heterocycles. The molecule has 2 N–H and O–H groups in total. The second-order valence-corrected chi connectivity index (χ2v) is 7.24. The predicted molar refractivity (Wildman–Crippen MR) is 115 cm³/mol. The third-order valence-electron chi connectivity index (χ3n) is 5.44. The van der Waals surface area contributed by atoms with Gasteiger partial charge in [0.05, 0.1) is 31.9 Å². The lowest BCUT2D eigenvalue weighted by atomic mass is 10.0. The Labute approximate surface area is 174 Å². The number of hydrogen-bond acceptors (Lipinski definition) is 5. The Morgan fingerprint density at radius 3 is 2.63 bits per heavy atom. The molecule has 0 aliphatic carbocycles. The number of nitrogens with zero attached hydrogens (tertiary/aromatic N) is 1. The normalized spacial score (nSPS) is 15.6. The van der Waals surface area contributed by atoms with E-state index in [1.54, 1.807) is 13.2 Å². The van der Waals surface area contributed by atoms with Crippen molar-refractivity contribution in [3.05, 3.63) is 76.1 Å². The summed E-state index contributed by atoms with van der Waals surface area (Å²) in [6.07, 6.45) is 0. The Bertz CT molecular complexity index is 1070. The number of benzene rings is 2. The van der Waals surface area contributed by atoms with Gasteiger partial charge >= 0.3 is 0 Å². The molecule has 1 fully saturated rings. The van der Waals surface area contributed by atoms with Crippen LogP contribution in [0.3, 0.4) is 0 Å². The van der Waals surface area contributed by atoms with E-state index in [0.717, 1.165) is 29.8 Å². The first-order valence-electron chi connectivity index (χ1n) is 10.0. The number of H-pyrrole nitrogens is 1. The standard InChI is InChI=1S/C23H25N3O4/c1-29-17-8-6-16(7-9-17)21(26-10-12-30-13-11-26)15-24-23(28)19-14-22(27)25-20-5-3-2-4-18(19)20/h2-9,14,21H,10-13,15H2,1H3,(H,24,28)(H,25,27)/t21-/m0/s1. The highest BCUT2D eigenvalue weighted by molar-refractivity contribution is 6.05. The molecular weight excluding hydrogens is 382 g/mol. The van der Waals surface area contributed by atoms with Gasteiger partial charge in [0, 0.05) is 36.6 Å². The Kier molecular flexibility index (Phi) is 6.11. The largest absolute Gasteiger partial charge is 0.497 e. The number of amides is 1. The highest BCUT2D eigenvalue weighted by atomic mass is 16.5. The molecule has 1 atom stereocenters. The van der Waals surface area contributed by atoms with Crippen LogP contribution in [0.2, 0.25) is 0 Å². The molecule has 1 aliphatic heterocycles. The Hall–Kier alpha value is -3.16. The molecule has 156 valence electrons. The molecule has 1 aliphatic rings. The molecule has 3 aromatic rings. The third-order valence-corrected chi connectivity index (χ3v) is 5.44. The van der Waals surface area contributed by atoms with Gasteiger partial charge in [-0.2, -0.15) is 0 Å². The fourth-order valence-electron chi connectivity index (χ4n) is 3.85. The van der Waals surface area contributed by atoms with Crippen molar-refractivity contribution < 1.29 is 14.3 Å². The number of hydrogen-bond donors (Lipinski definition) is 2. The van der Waals surface area contributed by atoms with Crippen LogP contribution < -0.4 is 15.6 Å². The molecule has 2 aromatic carbocycles. The van der Waals surface area contributed by atoms with Gasteiger partial charge < -0.3 is 19.8 Å². The van der Waals surface area contributed by atoms with Gasteiger partial charge in [0.25, 0.3) is 5.91 Å². The molecule has 4 rings (SSSR count). The summed E-state index contributed by atoms with van der Waals surface area (Å²) in [5.74, 6) is 0.530. The average Bonchev–Trinajstić information content (AvgIpc) is 2.79. The SMILES string of the molecule is COc1ccc([C@H](CNC(=O)c2cc(=O)[nH]c3ccccc23)N2CCOCC2)cc1. The number of carbonyl (C=O) groups is 1. The van der Waals surface area contributed by atoms with Gasteiger partial charge in [0.15, 0.2) is 0 Å². The van der Waals surface area contributed by atoms with Crippen LogP contribution in [0.15, 0.2) is 59.4 Å². The van der Waals surface area contributed by atoms with E-state index in [1.165, 1.54) is 6.07 Å². The first-order valence-corrected chi connectivity index (χ1v) is 10.0. The van der Waals surface area contributed by atoms with Crippen LogP contribution in [0, 0.1) is 0 Å². The Morgan fingerprint density at radius 2 is 1.90 bits per heavy atom. The number of pyridine rings is 1. The van der Waals surface area contributed by atoms with E-state index in [2.05, 4.69) is 15.2 Å². The highest BCUT2D eigenvalue weighted by Crippen LogP contribution is 2.24. The summed E-state index contributed by atoms with van der Waals surface area (Å²) in [5, 5.41) is 3.76. The number of aromatic amines is 1. The van der Waals surface area contributed by atoms with E-state index in [9.17, 15) is 9.59 Å². The zero-order valence-electron chi connectivity index (χ0n) is 16.9. The van der Waals surface area contributed by atoms with E-state index in [4.69, 9.17) is 9.47 Å². The van der Waals surface area contributed by atoms with Crippen molar-refractivity contribution >= 4 is 16.8 Å². The molecule has 0 radical (unpaired) electrons. The van der Waals surface area contributed by atoms with Gasteiger partial charge in [0.1, 0.15) is 5.75 Å². The molecule has 7 nitrogen and oxygen atoms in total. The number of ether oxygens (including phenoxy) is 2. The Balaban J connectivity index is 1.57. The van der Waals surface area contributed by atoms with Crippen molar-refractivity contribution in [2.24, 2.45) is 0 Å². The van der Waals surface area contributed by atoms with Crippen molar-refractivity contribution in [3.63, 3.8) is 0 Å². The van der Waals surface area contributed by atoms with Crippen LogP contribution in [0.25, 0.3) is 10.9 Å². The van der Waals surface area contributed by atoms with Crippen LogP contribution in [-0.2, 0) is 4.74 Å². The molecule has 1 saturated heterocycles. The summed E-state index contributed by atoms with van der Waals surface area (Å²) in [4.78, 5) is 30.1. The van der Waals surface area contributed by atoms with Gasteiger partial charge in [-0.1, -0.05) is 30.3 Å². The number of fused-ring (bicyclic) bond motifs is 1. The summed E-state index contributed by atoms with van der Waals surface area (Å²) in [6.45, 7) is 3.34. The quantitative estimate of drug-likeness (QED) is 0.655. The summed E-state index contributed by atoms with van der Waals surface area (Å²) >= 11 is 0. The second kappa shape index (κ2) is 9.11. The average molecular weight is 407 g/mol. The minimum atomic E-state index is -0.293. The van der Waals surface area contributed by atoms with E-state index >= 15 is 0 Å². The highest BCUT2D eigenvalue weighted by Gasteiger charge is 2.24. The number of aromatic nitrogens is 1. The number of nitrogens with one attached hydrogen (secondary N) is 2. The van der Waals surface area contributed by atoms with Crippen LogP contribution in [0.4, 0.5) is 0 Å². The lowest BCUT2D eigenvalue weighted by Crippen LogP contribution is -2.43. The van der Waals surface area contributed by atoms with Crippen molar-refractivity contribution in [1.29, 1.82) is 0 Å². The lowest BCUT2D eigenvalue weighted by molar-refractivity contribution is 0.0162. The zero-order chi connectivity index (χ0) is 20.9. The fourth-order valence-corrected chi connectivity index (χ4v) is 3.85. The minimum Gasteiger partial charge on any atom is -0.497 e. The molecule has 0 unspecified atom stereocenters. The van der Waals surface area contributed by atoms with E-state index in [0.29, 0.717) is 30.8 Å². The van der Waals surface area contributed by atoms with Gasteiger partial charge in [-0.05, 0) is 23.8 Å². The molecule has 0 saturated carbocycles. The van der Waals surface area contributed by atoms with Gasteiger partial charge in [0.2, 0.25) is 5.56 Å². The second-order valence-electron chi connectivity index (χ2n) is 7.24. The Morgan fingerprint density at radius 1 is 1.17 bits per heavy atom. The number of carbonyl (C=O) groups excluding carboxylic acids is 1. The maximum atomic E-state index is 13.0. The fraction of sp³-hybridized carbons (Fsp3) is 0.304. The number of methoxy groups -OCH3 is 1. The maximum absolute atomic E-state index is 13.0. The van der Waals surface area contributed by atoms with Crippen molar-refractivity contribution in [3.8, 4) is 5.75 Å². The number of para-hydroxylation sites is 1. The van der Waals surface area contributed by atoms with Crippen molar-refractivity contribution in [2.75, 3.05) is 40.0 Å². The molecule has 0 spiro atoms. The lowest BCUT2D eigenvalue weighted by Gasteiger charge is -2.35. The minimum absolute atomic E-state index is 0.00276. The predicted octanol–water partition coefficient (Wildman–Crippen LogP) is 2.34. The number of rotatable bonds is 6. The zero-order valence-corrected chi connectivity index (χ0v) is 16.9. The van der Waals surface area contributed by atoms with Gasteiger partial charge in [-0.3, -0.25) is 14.5 Å². The molecule has 7 heteroatoms. The van der Waals surface area contributed by atoms with Crippen molar-refractivity contribution in [2.45, 2.75) is 6.04 Å². The van der Waals surface area contributed by atoms with E-state index in [1.807, 2.05) is 42.5 Å². The smallest absolute Gasteiger partial charge is 0.252 e. The molecule has 30 heavy (non-hydrogen) atoms. The summed E-state index contributed by atoms with van der Waals surface area (Å²) in [5.41, 5.74) is 1.83. The van der Waals surface area contributed by atoms with Crippen LogP contribution in [0.1, 0.15) is 22.0 Å². The van der Waals surface area contributed by atoms with Gasteiger partial charge in [-0.15, -0.1) is 0 Å². The van der Waals surface area contributed by atoms with Crippen LogP contribution in [0.5, 0.6) is 5.75 Å². The first-order chi connectivity index (χ1) is 14.7. The van der Waals surface area contributed by atoms with Crippen LogP contribution >= 0.6 is 0 Å². The molecule has 1 amide bonds. The van der Waals surface area contributed by atoms with Crippen molar-refractivity contribution in [1.82, 2.24) is 15.2 Å². The topological polar surface area (TPSA) is 83.7 Å². The van der Waals surface area contributed by atoms with Crippen LogP contribution in [-0.4, -0.2) is 55.7 Å². The first kappa shape index (κ1) is 20.1. The maximum Gasteiger partial charge on any atom is 0.252 e. The van der Waals surface area contributed by atoms with E-state index in [-0.39, 0.29) is 17.5 Å². The summed E-state index contributed by atoms with van der Waals surface area (Å²) in [6, 6.07) is 16.6. The van der Waals surface area contributed by atoms with Gasteiger partial charge in [-0.25, -0.2) is 0 Å². The summed E-state index contributed by atoms with van der Waals surface area (Å²) in [7, 11) is 1.64. The van der Waals surface area contributed by atoms with E-state index < -0.39 is 0 Å². The third kappa shape index (κ3) is 4.37. The molecule has 1 aromatic heterocycles.